The Morgan fingerprint density at radius 1 is 1.03 bits per heavy atom. The molecule has 0 aliphatic carbocycles. The molecule has 0 saturated carbocycles. The zero-order chi connectivity index (χ0) is 20.5. The van der Waals surface area contributed by atoms with Gasteiger partial charge >= 0.3 is 0 Å². The number of benzene rings is 2. The second kappa shape index (κ2) is 7.45. The summed E-state index contributed by atoms with van der Waals surface area (Å²) in [4.78, 5) is 19.7. The standard InChI is InChI=1S/C24H19N5O/c1-25-21-13-26-23(17-7-5-8-19(12-17)30-2)24(28-21)18-14-29(15-18)22-11-10-16-6-3-4-9-20(16)27-22/h3-13,18H,14-15H2,2H3. The number of ether oxygens (including phenoxy) is 1. The van der Waals surface area contributed by atoms with E-state index in [1.807, 2.05) is 42.5 Å². The second-order valence-electron chi connectivity index (χ2n) is 7.27. The Morgan fingerprint density at radius 3 is 2.73 bits per heavy atom. The smallest absolute Gasteiger partial charge is 0.288 e. The first-order valence-electron chi connectivity index (χ1n) is 9.75. The van der Waals surface area contributed by atoms with Crippen molar-refractivity contribution in [2.75, 3.05) is 25.1 Å². The van der Waals surface area contributed by atoms with Gasteiger partial charge in [0.2, 0.25) is 0 Å². The van der Waals surface area contributed by atoms with Gasteiger partial charge in [0.15, 0.2) is 5.69 Å². The maximum atomic E-state index is 7.33. The molecule has 30 heavy (non-hydrogen) atoms. The Hall–Kier alpha value is -3.98. The molecule has 5 rings (SSSR count). The van der Waals surface area contributed by atoms with Crippen LogP contribution in [-0.2, 0) is 0 Å². The molecule has 0 spiro atoms. The lowest BCUT2D eigenvalue weighted by atomic mass is 9.92. The van der Waals surface area contributed by atoms with E-state index in [-0.39, 0.29) is 5.92 Å². The predicted molar refractivity (Wildman–Crippen MR) is 117 cm³/mol. The summed E-state index contributed by atoms with van der Waals surface area (Å²) in [5.74, 6) is 2.24. The van der Waals surface area contributed by atoms with E-state index < -0.39 is 0 Å². The third-order valence-corrected chi connectivity index (χ3v) is 5.42. The molecule has 4 aromatic rings. The number of pyridine rings is 1. The fourth-order valence-corrected chi connectivity index (χ4v) is 3.79. The number of para-hydroxylation sites is 1. The average Bonchev–Trinajstić information content (AvgIpc) is 2.78. The van der Waals surface area contributed by atoms with E-state index in [1.54, 1.807) is 7.11 Å². The van der Waals surface area contributed by atoms with Crippen molar-refractivity contribution in [3.8, 4) is 17.0 Å². The third kappa shape index (κ3) is 3.20. The number of methoxy groups -OCH3 is 1. The van der Waals surface area contributed by atoms with Crippen LogP contribution in [-0.4, -0.2) is 35.2 Å². The number of aromatic nitrogens is 3. The summed E-state index contributed by atoms with van der Waals surface area (Å²) in [5.41, 5.74) is 3.59. The van der Waals surface area contributed by atoms with Crippen molar-refractivity contribution < 1.29 is 4.74 Å². The summed E-state index contributed by atoms with van der Waals surface area (Å²) in [5, 5.41) is 1.13. The highest BCUT2D eigenvalue weighted by atomic mass is 16.5. The largest absolute Gasteiger partial charge is 0.497 e. The van der Waals surface area contributed by atoms with Crippen molar-refractivity contribution in [1.82, 2.24) is 15.0 Å². The highest BCUT2D eigenvalue weighted by Crippen LogP contribution is 2.36. The monoisotopic (exact) mass is 393 g/mol. The molecule has 1 saturated heterocycles. The minimum absolute atomic E-state index is 0.189. The molecular formula is C24H19N5O. The molecule has 2 aromatic carbocycles. The minimum atomic E-state index is 0.189. The molecule has 0 radical (unpaired) electrons. The Bertz CT molecular complexity index is 1270. The van der Waals surface area contributed by atoms with Crippen molar-refractivity contribution in [3.05, 3.63) is 84.0 Å². The molecule has 2 aromatic heterocycles. The van der Waals surface area contributed by atoms with E-state index in [9.17, 15) is 0 Å². The van der Waals surface area contributed by atoms with Gasteiger partial charge in [0.25, 0.3) is 5.82 Å². The molecule has 0 unspecified atom stereocenters. The fourth-order valence-electron chi connectivity index (χ4n) is 3.79. The summed E-state index contributed by atoms with van der Waals surface area (Å²) in [6.45, 7) is 8.91. The lowest BCUT2D eigenvalue weighted by Crippen LogP contribution is -2.46. The van der Waals surface area contributed by atoms with Crippen LogP contribution in [0.3, 0.4) is 0 Å². The van der Waals surface area contributed by atoms with Gasteiger partial charge in [-0.2, -0.15) is 0 Å². The zero-order valence-electron chi connectivity index (χ0n) is 16.5. The van der Waals surface area contributed by atoms with Crippen molar-refractivity contribution in [3.63, 3.8) is 0 Å². The van der Waals surface area contributed by atoms with Gasteiger partial charge in [-0.25, -0.2) is 4.98 Å². The van der Waals surface area contributed by atoms with Gasteiger partial charge in [0.1, 0.15) is 17.3 Å². The van der Waals surface area contributed by atoms with E-state index in [4.69, 9.17) is 16.3 Å². The Labute approximate surface area is 174 Å². The Morgan fingerprint density at radius 2 is 1.90 bits per heavy atom. The van der Waals surface area contributed by atoms with E-state index in [0.29, 0.717) is 5.82 Å². The lowest BCUT2D eigenvalue weighted by Gasteiger charge is -2.39. The molecule has 1 aliphatic rings. The van der Waals surface area contributed by atoms with E-state index in [1.165, 1.54) is 6.20 Å². The Kier molecular flexibility index (Phi) is 4.49. The maximum Gasteiger partial charge on any atom is 0.288 e. The van der Waals surface area contributed by atoms with Crippen molar-refractivity contribution >= 4 is 22.5 Å². The van der Waals surface area contributed by atoms with Crippen LogP contribution >= 0.6 is 0 Å². The molecule has 1 fully saturated rings. The number of anilines is 1. The van der Waals surface area contributed by atoms with Crippen LogP contribution < -0.4 is 9.64 Å². The number of fused-ring (bicyclic) bond motifs is 1. The highest BCUT2D eigenvalue weighted by molar-refractivity contribution is 5.80. The molecule has 0 amide bonds. The summed E-state index contributed by atoms with van der Waals surface area (Å²) >= 11 is 0. The summed E-state index contributed by atoms with van der Waals surface area (Å²) in [6, 6.07) is 20.1. The van der Waals surface area contributed by atoms with Crippen LogP contribution in [0, 0.1) is 6.57 Å². The number of rotatable bonds is 4. The van der Waals surface area contributed by atoms with Gasteiger partial charge in [-0.1, -0.05) is 36.9 Å². The minimum Gasteiger partial charge on any atom is -0.497 e. The Balaban J connectivity index is 1.45. The lowest BCUT2D eigenvalue weighted by molar-refractivity contribution is 0.415. The number of nitrogens with zero attached hydrogens (tertiary/aromatic N) is 5. The summed E-state index contributed by atoms with van der Waals surface area (Å²) in [7, 11) is 1.65. The summed E-state index contributed by atoms with van der Waals surface area (Å²) in [6.07, 6.45) is 1.53. The van der Waals surface area contributed by atoms with Gasteiger partial charge < -0.3 is 14.5 Å². The quantitative estimate of drug-likeness (QED) is 0.464. The summed E-state index contributed by atoms with van der Waals surface area (Å²) < 4.78 is 5.36. The number of hydrogen-bond donors (Lipinski definition) is 0. The molecule has 3 heterocycles. The van der Waals surface area contributed by atoms with E-state index in [2.05, 4.69) is 37.9 Å². The van der Waals surface area contributed by atoms with Crippen LogP contribution in [0.15, 0.2) is 66.9 Å². The molecule has 6 nitrogen and oxygen atoms in total. The maximum absolute atomic E-state index is 7.33. The van der Waals surface area contributed by atoms with Crippen LogP contribution in [0.4, 0.5) is 11.6 Å². The molecule has 6 heteroatoms. The van der Waals surface area contributed by atoms with Gasteiger partial charge in [-0.3, -0.25) is 4.98 Å². The highest BCUT2D eigenvalue weighted by Gasteiger charge is 2.35. The first-order chi connectivity index (χ1) is 14.7. The van der Waals surface area contributed by atoms with Gasteiger partial charge in [0, 0.05) is 24.0 Å². The van der Waals surface area contributed by atoms with Gasteiger partial charge in [-0.15, -0.1) is 4.98 Å². The average molecular weight is 393 g/mol. The normalized spacial score (nSPS) is 13.7. The van der Waals surface area contributed by atoms with E-state index >= 15 is 0 Å². The van der Waals surface area contributed by atoms with Crippen molar-refractivity contribution in [1.29, 1.82) is 0 Å². The topological polar surface area (TPSA) is 55.5 Å². The molecule has 1 aliphatic heterocycles. The van der Waals surface area contributed by atoms with Crippen molar-refractivity contribution in [2.45, 2.75) is 5.92 Å². The molecule has 146 valence electrons. The van der Waals surface area contributed by atoms with Gasteiger partial charge in [-0.05, 0) is 30.3 Å². The SMILES string of the molecule is [C-]#[N+]c1cnc(-c2cccc(OC)c2)c(C2CN(c3ccc4ccccc4n3)C2)n1. The number of hydrogen-bond acceptors (Lipinski definition) is 5. The molecule has 0 bridgehead atoms. The first kappa shape index (κ1) is 18.1. The molecule has 0 N–H and O–H groups in total. The fraction of sp³-hybridized carbons (Fsp3) is 0.167. The predicted octanol–water partition coefficient (Wildman–Crippen LogP) is 4.85. The second-order valence-corrected chi connectivity index (χ2v) is 7.27. The van der Waals surface area contributed by atoms with Gasteiger partial charge in [0.05, 0.1) is 24.7 Å². The zero-order valence-corrected chi connectivity index (χ0v) is 16.5. The molecular weight excluding hydrogens is 374 g/mol. The van der Waals surface area contributed by atoms with E-state index in [0.717, 1.165) is 52.5 Å². The molecule has 0 atom stereocenters. The van der Waals surface area contributed by atoms with Crippen molar-refractivity contribution in [2.24, 2.45) is 0 Å². The van der Waals surface area contributed by atoms with Crippen LogP contribution in [0.1, 0.15) is 11.6 Å². The first-order valence-corrected chi connectivity index (χ1v) is 9.75. The van der Waals surface area contributed by atoms with Crippen LogP contribution in [0.25, 0.3) is 27.0 Å². The third-order valence-electron chi connectivity index (χ3n) is 5.42. The van der Waals surface area contributed by atoms with Crippen LogP contribution in [0.5, 0.6) is 5.75 Å². The van der Waals surface area contributed by atoms with Crippen LogP contribution in [0.2, 0.25) is 0 Å².